The molecule has 0 bridgehead atoms. The molecule has 3 aromatic carbocycles. The molecule has 126 valence electrons. The summed E-state index contributed by atoms with van der Waals surface area (Å²) in [7, 11) is 0. The third-order valence-corrected chi connectivity index (χ3v) is 4.56. The number of hydrogen-bond donors (Lipinski definition) is 1. The summed E-state index contributed by atoms with van der Waals surface area (Å²) in [6.45, 7) is 1.99. The largest absolute Gasteiger partial charge is 0.355 e. The number of hydrogen-bond acceptors (Lipinski definition) is 2. The molecule has 0 aliphatic carbocycles. The Kier molecular flexibility index (Phi) is 5.11. The molecule has 0 aliphatic heterocycles. The first-order chi connectivity index (χ1) is 12.0. The summed E-state index contributed by atoms with van der Waals surface area (Å²) in [5, 5.41) is 3.48. The highest BCUT2D eigenvalue weighted by atomic mass is 35.5. The van der Waals surface area contributed by atoms with E-state index < -0.39 is 11.6 Å². The number of nitrogens with one attached hydrogen (secondary N) is 1. The van der Waals surface area contributed by atoms with Crippen LogP contribution >= 0.6 is 23.8 Å². The van der Waals surface area contributed by atoms with Gasteiger partial charge in [0.25, 0.3) is 0 Å². The topological polar surface area (TPSA) is 12.0 Å². The Bertz CT molecular complexity index is 956. The van der Waals surface area contributed by atoms with Crippen LogP contribution in [0.1, 0.15) is 16.7 Å². The van der Waals surface area contributed by atoms with Gasteiger partial charge in [0, 0.05) is 23.0 Å². The second-order valence-corrected chi connectivity index (χ2v) is 6.41. The highest BCUT2D eigenvalue weighted by molar-refractivity contribution is 7.81. The number of benzene rings is 3. The Morgan fingerprint density at radius 1 is 0.880 bits per heavy atom. The van der Waals surface area contributed by atoms with E-state index >= 15 is 0 Å². The number of rotatable bonds is 4. The second kappa shape index (κ2) is 7.30. The molecule has 0 radical (unpaired) electrons. The van der Waals surface area contributed by atoms with Crippen LogP contribution in [-0.2, 0) is 0 Å². The quantitative estimate of drug-likeness (QED) is 0.417. The molecule has 0 amide bonds. The predicted molar refractivity (Wildman–Crippen MR) is 103 cm³/mol. The van der Waals surface area contributed by atoms with Crippen molar-refractivity contribution in [3.63, 3.8) is 0 Å². The molecule has 0 saturated carbocycles. The number of halogens is 3. The van der Waals surface area contributed by atoms with Gasteiger partial charge in [-0.15, -0.1) is 0 Å². The van der Waals surface area contributed by atoms with Crippen molar-refractivity contribution < 1.29 is 8.78 Å². The normalized spacial score (nSPS) is 10.6. The number of anilines is 2. The zero-order valence-corrected chi connectivity index (χ0v) is 14.9. The fraction of sp³-hybridized carbons (Fsp3) is 0.0500. The number of thiocarbonyl (C=S) groups is 1. The van der Waals surface area contributed by atoms with E-state index in [1.54, 1.807) is 12.1 Å². The van der Waals surface area contributed by atoms with Gasteiger partial charge in [-0.1, -0.05) is 48.1 Å². The smallest absolute Gasteiger partial charge is 0.160 e. The van der Waals surface area contributed by atoms with Crippen LogP contribution in [0.25, 0.3) is 0 Å². The highest BCUT2D eigenvalue weighted by Gasteiger charge is 2.12. The van der Waals surface area contributed by atoms with E-state index in [1.807, 2.05) is 37.3 Å². The average molecular weight is 374 g/mol. The molecule has 0 aliphatic rings. The van der Waals surface area contributed by atoms with Crippen molar-refractivity contribution in [3.8, 4) is 0 Å². The van der Waals surface area contributed by atoms with Gasteiger partial charge in [-0.05, 0) is 48.4 Å². The first kappa shape index (κ1) is 17.5. The Labute approximate surface area is 155 Å². The van der Waals surface area contributed by atoms with Crippen LogP contribution < -0.4 is 5.32 Å². The summed E-state index contributed by atoms with van der Waals surface area (Å²) in [5.74, 6) is -1.80. The van der Waals surface area contributed by atoms with Gasteiger partial charge in [-0.3, -0.25) is 0 Å². The lowest BCUT2D eigenvalue weighted by molar-refractivity contribution is 0.509. The second-order valence-electron chi connectivity index (χ2n) is 5.59. The molecule has 3 aromatic rings. The molecular weight excluding hydrogens is 360 g/mol. The van der Waals surface area contributed by atoms with Crippen molar-refractivity contribution in [1.29, 1.82) is 0 Å². The lowest BCUT2D eigenvalue weighted by atomic mass is 10.00. The van der Waals surface area contributed by atoms with E-state index in [-0.39, 0.29) is 0 Å². The average Bonchev–Trinajstić information content (AvgIpc) is 2.58. The lowest BCUT2D eigenvalue weighted by Gasteiger charge is -2.12. The lowest BCUT2D eigenvalue weighted by Crippen LogP contribution is -2.03. The van der Waals surface area contributed by atoms with Crippen molar-refractivity contribution in [3.05, 3.63) is 94.0 Å². The maximum atomic E-state index is 13.3. The van der Waals surface area contributed by atoms with Crippen molar-refractivity contribution >= 4 is 40.1 Å². The van der Waals surface area contributed by atoms with Crippen LogP contribution in [0, 0.1) is 18.6 Å². The molecule has 0 saturated heterocycles. The maximum absolute atomic E-state index is 13.3. The predicted octanol–water partition coefficient (Wildman–Crippen LogP) is 6.44. The van der Waals surface area contributed by atoms with E-state index in [0.717, 1.165) is 28.8 Å². The van der Waals surface area contributed by atoms with Crippen LogP contribution in [0.4, 0.5) is 20.2 Å². The van der Waals surface area contributed by atoms with Crippen molar-refractivity contribution in [1.82, 2.24) is 0 Å². The van der Waals surface area contributed by atoms with Gasteiger partial charge in [-0.25, -0.2) is 8.78 Å². The van der Waals surface area contributed by atoms with Gasteiger partial charge < -0.3 is 5.32 Å². The molecule has 3 rings (SSSR count). The van der Waals surface area contributed by atoms with Crippen molar-refractivity contribution in [2.75, 3.05) is 5.32 Å². The molecule has 1 N–H and O–H groups in total. The molecule has 0 spiro atoms. The van der Waals surface area contributed by atoms with E-state index in [9.17, 15) is 8.78 Å². The van der Waals surface area contributed by atoms with E-state index in [1.165, 1.54) is 6.07 Å². The molecular formula is C20H14ClF2NS. The maximum Gasteiger partial charge on any atom is 0.160 e. The minimum absolute atomic E-state index is 0.434. The van der Waals surface area contributed by atoms with Crippen LogP contribution in [0.15, 0.2) is 60.7 Å². The summed E-state index contributed by atoms with van der Waals surface area (Å²) >= 11 is 12.0. The Hall–Kier alpha value is -2.30. The van der Waals surface area contributed by atoms with Crippen LogP contribution in [0.2, 0.25) is 5.02 Å². The van der Waals surface area contributed by atoms with Crippen LogP contribution in [0.5, 0.6) is 0 Å². The molecule has 5 heteroatoms. The fourth-order valence-corrected chi connectivity index (χ4v) is 3.23. The first-order valence-corrected chi connectivity index (χ1v) is 8.36. The third kappa shape index (κ3) is 3.86. The van der Waals surface area contributed by atoms with Gasteiger partial charge in [0.15, 0.2) is 11.6 Å². The Morgan fingerprint density at radius 2 is 1.56 bits per heavy atom. The first-order valence-electron chi connectivity index (χ1n) is 7.57. The molecule has 0 atom stereocenters. The van der Waals surface area contributed by atoms with Gasteiger partial charge in [-0.2, -0.15) is 0 Å². The zero-order chi connectivity index (χ0) is 18.0. The summed E-state index contributed by atoms with van der Waals surface area (Å²) in [5.41, 5.74) is 3.88. The summed E-state index contributed by atoms with van der Waals surface area (Å²) in [4.78, 5) is 0.669. The van der Waals surface area contributed by atoms with E-state index in [4.69, 9.17) is 23.8 Å². The standard InChI is InChI=1S/C20H14ClF2NS/c1-12-4-2-3-5-15(12)20(25)16-8-6-13(10-17(16)21)24-14-7-9-18(22)19(23)11-14/h2-11,24H,1H3. The van der Waals surface area contributed by atoms with Gasteiger partial charge in [0.2, 0.25) is 0 Å². The Balaban J connectivity index is 1.87. The van der Waals surface area contributed by atoms with E-state index in [0.29, 0.717) is 21.3 Å². The molecule has 25 heavy (non-hydrogen) atoms. The monoisotopic (exact) mass is 373 g/mol. The van der Waals surface area contributed by atoms with Crippen LogP contribution in [-0.4, -0.2) is 4.86 Å². The zero-order valence-electron chi connectivity index (χ0n) is 13.3. The fourth-order valence-electron chi connectivity index (χ4n) is 2.49. The summed E-state index contributed by atoms with van der Waals surface area (Å²) in [6.07, 6.45) is 0. The van der Waals surface area contributed by atoms with Crippen molar-refractivity contribution in [2.24, 2.45) is 0 Å². The minimum Gasteiger partial charge on any atom is -0.355 e. The van der Waals surface area contributed by atoms with Crippen LogP contribution in [0.3, 0.4) is 0 Å². The van der Waals surface area contributed by atoms with Gasteiger partial charge >= 0.3 is 0 Å². The highest BCUT2D eigenvalue weighted by Crippen LogP contribution is 2.27. The molecule has 0 unspecified atom stereocenters. The van der Waals surface area contributed by atoms with Gasteiger partial charge in [0.05, 0.1) is 9.89 Å². The molecule has 0 heterocycles. The number of aryl methyl sites for hydroxylation is 1. The summed E-state index contributed by atoms with van der Waals surface area (Å²) in [6, 6.07) is 16.8. The van der Waals surface area contributed by atoms with E-state index in [2.05, 4.69) is 5.32 Å². The van der Waals surface area contributed by atoms with Crippen molar-refractivity contribution in [2.45, 2.75) is 6.92 Å². The minimum atomic E-state index is -0.909. The molecule has 1 nitrogen and oxygen atoms in total. The Morgan fingerprint density at radius 3 is 2.24 bits per heavy atom. The molecule has 0 fully saturated rings. The third-order valence-electron chi connectivity index (χ3n) is 3.81. The SMILES string of the molecule is Cc1ccccc1C(=S)c1ccc(Nc2ccc(F)c(F)c2)cc1Cl. The van der Waals surface area contributed by atoms with Gasteiger partial charge in [0.1, 0.15) is 0 Å². The molecule has 0 aromatic heterocycles. The summed E-state index contributed by atoms with van der Waals surface area (Å²) < 4.78 is 26.3.